The number of amides is 1. The first-order chi connectivity index (χ1) is 13.7. The summed E-state index contributed by atoms with van der Waals surface area (Å²) in [5.74, 6) is 1.51. The average molecular weight is 379 g/mol. The molecule has 1 amide bonds. The normalized spacial score (nSPS) is 22.3. The first-order valence-electron chi connectivity index (χ1n) is 10.5. The number of rotatable bonds is 6. The standard InChI is InChI=1S/C24H30N2O2/c25-24(27)19-11-12-23-21(14-19)20(13-17-7-3-1-4-8-17)22(16-28-23)26-15-18-9-5-2-6-10-18/h1,3-4,7-8,11-12,14,18,20,22,26H,2,5-6,9-10,13,15-16H2,(H2,25,27)/t20-,22+/m0/s1. The van der Waals surface area contributed by atoms with Crippen LogP contribution in [0.3, 0.4) is 0 Å². The summed E-state index contributed by atoms with van der Waals surface area (Å²) < 4.78 is 6.06. The first-order valence-corrected chi connectivity index (χ1v) is 10.5. The zero-order valence-electron chi connectivity index (χ0n) is 16.4. The lowest BCUT2D eigenvalue weighted by Gasteiger charge is -2.36. The van der Waals surface area contributed by atoms with Crippen molar-refractivity contribution in [2.45, 2.75) is 50.5 Å². The minimum Gasteiger partial charge on any atom is -0.492 e. The molecule has 0 bridgehead atoms. The molecule has 4 rings (SSSR count). The molecule has 1 aliphatic heterocycles. The highest BCUT2D eigenvalue weighted by molar-refractivity contribution is 5.93. The molecule has 0 aromatic heterocycles. The number of hydrogen-bond acceptors (Lipinski definition) is 3. The number of hydrogen-bond donors (Lipinski definition) is 2. The fourth-order valence-electron chi connectivity index (χ4n) is 4.67. The number of primary amides is 1. The van der Waals surface area contributed by atoms with Gasteiger partial charge in [-0.3, -0.25) is 4.79 Å². The molecule has 1 aliphatic carbocycles. The maximum absolute atomic E-state index is 11.7. The number of benzene rings is 2. The van der Waals surface area contributed by atoms with Gasteiger partial charge in [0.1, 0.15) is 12.4 Å². The first kappa shape index (κ1) is 19.0. The summed E-state index contributed by atoms with van der Waals surface area (Å²) in [7, 11) is 0. The van der Waals surface area contributed by atoms with Crippen LogP contribution >= 0.6 is 0 Å². The third-order valence-electron chi connectivity index (χ3n) is 6.29. The Morgan fingerprint density at radius 2 is 1.86 bits per heavy atom. The van der Waals surface area contributed by atoms with Crippen LogP contribution in [0.15, 0.2) is 48.5 Å². The van der Waals surface area contributed by atoms with E-state index < -0.39 is 5.91 Å². The van der Waals surface area contributed by atoms with Crippen molar-refractivity contribution >= 4 is 5.91 Å². The van der Waals surface area contributed by atoms with Crippen molar-refractivity contribution in [3.63, 3.8) is 0 Å². The minimum absolute atomic E-state index is 0.234. The molecule has 3 N–H and O–H groups in total. The van der Waals surface area contributed by atoms with Crippen molar-refractivity contribution in [1.29, 1.82) is 0 Å². The lowest BCUT2D eigenvalue weighted by molar-refractivity contribution is 0.1000. The van der Waals surface area contributed by atoms with Gasteiger partial charge in [-0.05, 0) is 55.5 Å². The second-order valence-electron chi connectivity index (χ2n) is 8.24. The van der Waals surface area contributed by atoms with Gasteiger partial charge in [-0.2, -0.15) is 0 Å². The Morgan fingerprint density at radius 1 is 1.07 bits per heavy atom. The molecule has 28 heavy (non-hydrogen) atoms. The SMILES string of the molecule is NC(=O)c1ccc2c(c1)[C@H](Cc1ccccc1)[C@H](NCC1CCCCC1)CO2. The van der Waals surface area contributed by atoms with Crippen LogP contribution in [0.4, 0.5) is 0 Å². The van der Waals surface area contributed by atoms with E-state index >= 15 is 0 Å². The van der Waals surface area contributed by atoms with Crippen molar-refractivity contribution in [3.05, 3.63) is 65.2 Å². The zero-order chi connectivity index (χ0) is 19.3. The molecule has 148 valence electrons. The van der Waals surface area contributed by atoms with Gasteiger partial charge in [-0.15, -0.1) is 0 Å². The third-order valence-corrected chi connectivity index (χ3v) is 6.29. The van der Waals surface area contributed by atoms with Crippen molar-refractivity contribution in [1.82, 2.24) is 5.32 Å². The van der Waals surface area contributed by atoms with Crippen LogP contribution in [0, 0.1) is 5.92 Å². The van der Waals surface area contributed by atoms with E-state index in [2.05, 4.69) is 29.6 Å². The van der Waals surface area contributed by atoms with E-state index in [4.69, 9.17) is 10.5 Å². The van der Waals surface area contributed by atoms with Gasteiger partial charge in [-0.25, -0.2) is 0 Å². The van der Waals surface area contributed by atoms with E-state index in [-0.39, 0.29) is 12.0 Å². The van der Waals surface area contributed by atoms with Crippen LogP contribution in [0.25, 0.3) is 0 Å². The summed E-state index contributed by atoms with van der Waals surface area (Å²) >= 11 is 0. The Hall–Kier alpha value is -2.33. The zero-order valence-corrected chi connectivity index (χ0v) is 16.4. The Labute approximate surface area is 167 Å². The smallest absolute Gasteiger partial charge is 0.248 e. The number of nitrogens with two attached hydrogens (primary N) is 1. The summed E-state index contributed by atoms with van der Waals surface area (Å²) in [4.78, 5) is 11.7. The molecule has 2 atom stereocenters. The van der Waals surface area contributed by atoms with E-state index in [0.29, 0.717) is 12.2 Å². The number of ether oxygens (including phenoxy) is 1. The van der Waals surface area contributed by atoms with Crippen molar-refractivity contribution in [2.24, 2.45) is 11.7 Å². The maximum Gasteiger partial charge on any atom is 0.248 e. The molecule has 4 nitrogen and oxygen atoms in total. The molecule has 0 saturated heterocycles. The average Bonchev–Trinajstić information content (AvgIpc) is 2.74. The molecule has 4 heteroatoms. The highest BCUT2D eigenvalue weighted by Gasteiger charge is 2.32. The van der Waals surface area contributed by atoms with Crippen molar-refractivity contribution < 1.29 is 9.53 Å². The summed E-state index contributed by atoms with van der Waals surface area (Å²) in [6.45, 7) is 1.71. The van der Waals surface area contributed by atoms with Gasteiger partial charge in [0, 0.05) is 23.1 Å². The molecular weight excluding hydrogens is 348 g/mol. The topological polar surface area (TPSA) is 64.4 Å². The molecular formula is C24H30N2O2. The van der Waals surface area contributed by atoms with Crippen LogP contribution in [0.1, 0.15) is 59.5 Å². The Balaban J connectivity index is 1.57. The van der Waals surface area contributed by atoms with Gasteiger partial charge in [0.25, 0.3) is 0 Å². The highest BCUT2D eigenvalue weighted by atomic mass is 16.5. The van der Waals surface area contributed by atoms with Gasteiger partial charge in [0.15, 0.2) is 0 Å². The number of carbonyl (C=O) groups is 1. The summed E-state index contributed by atoms with van der Waals surface area (Å²) in [6.07, 6.45) is 7.65. The van der Waals surface area contributed by atoms with Crippen LogP contribution in [-0.2, 0) is 6.42 Å². The molecule has 0 spiro atoms. The lowest BCUT2D eigenvalue weighted by Crippen LogP contribution is -2.45. The van der Waals surface area contributed by atoms with Crippen LogP contribution < -0.4 is 15.8 Å². The fourth-order valence-corrected chi connectivity index (χ4v) is 4.67. The second-order valence-corrected chi connectivity index (χ2v) is 8.24. The van der Waals surface area contributed by atoms with Gasteiger partial charge in [0.2, 0.25) is 5.91 Å². The summed E-state index contributed by atoms with van der Waals surface area (Å²) in [5, 5.41) is 3.81. The molecule has 1 fully saturated rings. The van der Waals surface area contributed by atoms with E-state index in [1.807, 2.05) is 18.2 Å². The molecule has 2 aromatic carbocycles. The van der Waals surface area contributed by atoms with E-state index in [1.165, 1.54) is 37.7 Å². The molecule has 2 aromatic rings. The van der Waals surface area contributed by atoms with Gasteiger partial charge >= 0.3 is 0 Å². The maximum atomic E-state index is 11.7. The molecule has 1 saturated carbocycles. The monoisotopic (exact) mass is 378 g/mol. The largest absolute Gasteiger partial charge is 0.492 e. The van der Waals surface area contributed by atoms with E-state index in [9.17, 15) is 4.79 Å². The van der Waals surface area contributed by atoms with E-state index in [0.717, 1.165) is 30.2 Å². The van der Waals surface area contributed by atoms with Crippen LogP contribution in [0.5, 0.6) is 5.75 Å². The Morgan fingerprint density at radius 3 is 2.61 bits per heavy atom. The van der Waals surface area contributed by atoms with E-state index in [1.54, 1.807) is 6.07 Å². The molecule has 1 heterocycles. The molecule has 2 aliphatic rings. The lowest BCUT2D eigenvalue weighted by atomic mass is 9.82. The molecule has 0 unspecified atom stereocenters. The van der Waals surface area contributed by atoms with Gasteiger partial charge < -0.3 is 15.8 Å². The summed E-state index contributed by atoms with van der Waals surface area (Å²) in [5.41, 5.74) is 8.48. The van der Waals surface area contributed by atoms with Gasteiger partial charge in [-0.1, -0.05) is 49.6 Å². The number of fused-ring (bicyclic) bond motifs is 1. The quantitative estimate of drug-likeness (QED) is 0.797. The van der Waals surface area contributed by atoms with Crippen LogP contribution in [-0.4, -0.2) is 25.1 Å². The van der Waals surface area contributed by atoms with Gasteiger partial charge in [0.05, 0.1) is 0 Å². The second kappa shape index (κ2) is 8.78. The predicted octanol–water partition coefficient (Wildman–Crippen LogP) is 4.04. The third kappa shape index (κ3) is 4.39. The minimum atomic E-state index is -0.390. The number of nitrogens with one attached hydrogen (secondary N) is 1. The summed E-state index contributed by atoms with van der Waals surface area (Å²) in [6, 6.07) is 16.4. The van der Waals surface area contributed by atoms with Crippen molar-refractivity contribution in [2.75, 3.05) is 13.2 Å². The highest BCUT2D eigenvalue weighted by Crippen LogP contribution is 2.37. The fraction of sp³-hybridized carbons (Fsp3) is 0.458. The predicted molar refractivity (Wildman–Crippen MR) is 112 cm³/mol. The molecule has 0 radical (unpaired) electrons. The number of carbonyl (C=O) groups excluding carboxylic acids is 1. The van der Waals surface area contributed by atoms with Crippen LogP contribution in [0.2, 0.25) is 0 Å². The Bertz CT molecular complexity index is 800. The van der Waals surface area contributed by atoms with Crippen molar-refractivity contribution in [3.8, 4) is 5.75 Å². The Kier molecular flexibility index (Phi) is 5.96.